The molecule has 0 bridgehead atoms. The number of hydrogen-bond acceptors (Lipinski definition) is 3. The molecule has 1 spiro atoms. The van der Waals surface area contributed by atoms with Crippen molar-refractivity contribution < 1.29 is 14.3 Å². The van der Waals surface area contributed by atoms with Gasteiger partial charge in [-0.3, -0.25) is 4.79 Å². The van der Waals surface area contributed by atoms with Crippen molar-refractivity contribution in [3.8, 4) is 0 Å². The lowest BCUT2D eigenvalue weighted by molar-refractivity contribution is -0.149. The summed E-state index contributed by atoms with van der Waals surface area (Å²) in [6, 6.07) is 17.0. The van der Waals surface area contributed by atoms with Crippen LogP contribution in [0.15, 0.2) is 54.6 Å². The van der Waals surface area contributed by atoms with Crippen LogP contribution in [0, 0.1) is 0 Å². The third-order valence-corrected chi connectivity index (χ3v) is 5.93. The number of carbonyl (C=O) groups is 2. The molecule has 2 heterocycles. The smallest absolute Gasteiger partial charge is 0.337 e. The fraction of sp³-hybridized carbons (Fsp3) is 0.300. The molecule has 0 aromatic heterocycles. The molecule has 2 aromatic rings. The first-order chi connectivity index (χ1) is 12.1. The first kappa shape index (κ1) is 16.3. The van der Waals surface area contributed by atoms with Gasteiger partial charge in [-0.25, -0.2) is 4.79 Å². The van der Waals surface area contributed by atoms with Crippen LogP contribution in [0.25, 0.3) is 0 Å². The zero-order valence-electron chi connectivity index (χ0n) is 13.8. The van der Waals surface area contributed by atoms with Crippen molar-refractivity contribution in [3.05, 3.63) is 71.3 Å². The molecule has 1 saturated heterocycles. The molecular weight excluding hydrogens is 382 g/mol. The zero-order valence-corrected chi connectivity index (χ0v) is 15.4. The number of halogens is 1. The van der Waals surface area contributed by atoms with Gasteiger partial charge in [0.15, 0.2) is 5.54 Å². The maximum atomic E-state index is 13.2. The van der Waals surface area contributed by atoms with Crippen LogP contribution >= 0.6 is 15.9 Å². The van der Waals surface area contributed by atoms with Crippen molar-refractivity contribution in [1.82, 2.24) is 4.90 Å². The van der Waals surface area contributed by atoms with Crippen molar-refractivity contribution in [2.75, 3.05) is 5.33 Å². The number of rotatable bonds is 3. The van der Waals surface area contributed by atoms with Gasteiger partial charge in [0.2, 0.25) is 0 Å². The van der Waals surface area contributed by atoms with Crippen LogP contribution in [0.1, 0.15) is 40.9 Å². The number of alkyl halides is 1. The molecule has 4 rings (SSSR count). The normalized spacial score (nSPS) is 26.0. The van der Waals surface area contributed by atoms with E-state index in [4.69, 9.17) is 4.74 Å². The van der Waals surface area contributed by atoms with E-state index in [1.54, 1.807) is 11.0 Å². The summed E-state index contributed by atoms with van der Waals surface area (Å²) in [6.45, 7) is 1.97. The molecule has 0 aliphatic carbocycles. The van der Waals surface area contributed by atoms with Gasteiger partial charge in [-0.05, 0) is 18.6 Å². The molecule has 25 heavy (non-hydrogen) atoms. The number of fused-ring (bicyclic) bond motifs is 2. The van der Waals surface area contributed by atoms with E-state index in [0.29, 0.717) is 17.3 Å². The number of esters is 1. The van der Waals surface area contributed by atoms with E-state index < -0.39 is 5.54 Å². The van der Waals surface area contributed by atoms with Crippen molar-refractivity contribution in [1.29, 1.82) is 0 Å². The Labute approximate surface area is 154 Å². The highest BCUT2D eigenvalue weighted by Crippen LogP contribution is 2.51. The Morgan fingerprint density at radius 2 is 1.84 bits per heavy atom. The van der Waals surface area contributed by atoms with E-state index >= 15 is 0 Å². The molecule has 0 radical (unpaired) electrons. The van der Waals surface area contributed by atoms with Gasteiger partial charge in [-0.15, -0.1) is 0 Å². The Kier molecular flexibility index (Phi) is 3.91. The highest BCUT2D eigenvalue weighted by Gasteiger charge is 2.62. The van der Waals surface area contributed by atoms with Gasteiger partial charge >= 0.3 is 5.97 Å². The Balaban J connectivity index is 1.88. The summed E-state index contributed by atoms with van der Waals surface area (Å²) in [4.78, 5) is 27.9. The second-order valence-corrected chi connectivity index (χ2v) is 7.20. The lowest BCUT2D eigenvalue weighted by atomic mass is 9.85. The summed E-state index contributed by atoms with van der Waals surface area (Å²) < 4.78 is 5.59. The highest BCUT2D eigenvalue weighted by molar-refractivity contribution is 9.09. The second-order valence-electron chi connectivity index (χ2n) is 6.55. The monoisotopic (exact) mass is 399 g/mol. The van der Waals surface area contributed by atoms with Gasteiger partial charge in [0.05, 0.1) is 6.04 Å². The summed E-state index contributed by atoms with van der Waals surface area (Å²) in [5, 5.41) is 0.560. The molecule has 128 valence electrons. The third kappa shape index (κ3) is 2.25. The molecule has 5 heteroatoms. The molecule has 2 aliphatic heterocycles. The van der Waals surface area contributed by atoms with E-state index in [2.05, 4.69) is 15.9 Å². The SMILES string of the molecule is C[C@H](c1ccccc1)N1C(=O)c2ccccc2[C@@]12C[C@@H](CBr)OC2=O. The molecule has 2 aromatic carbocycles. The summed E-state index contributed by atoms with van der Waals surface area (Å²) >= 11 is 3.41. The van der Waals surface area contributed by atoms with Gasteiger partial charge in [-0.1, -0.05) is 64.5 Å². The lowest BCUT2D eigenvalue weighted by Crippen LogP contribution is -2.48. The van der Waals surface area contributed by atoms with Gasteiger partial charge in [0.25, 0.3) is 5.91 Å². The minimum Gasteiger partial charge on any atom is -0.459 e. The molecule has 0 saturated carbocycles. The first-order valence-electron chi connectivity index (χ1n) is 8.34. The fourth-order valence-electron chi connectivity index (χ4n) is 4.06. The van der Waals surface area contributed by atoms with Crippen LogP contribution in [0.2, 0.25) is 0 Å². The largest absolute Gasteiger partial charge is 0.459 e. The van der Waals surface area contributed by atoms with Crippen LogP contribution in [0.5, 0.6) is 0 Å². The number of cyclic esters (lactones) is 1. The summed E-state index contributed by atoms with van der Waals surface area (Å²) in [6.07, 6.45) is 0.230. The fourth-order valence-corrected chi connectivity index (χ4v) is 4.42. The van der Waals surface area contributed by atoms with Gasteiger partial charge in [0.1, 0.15) is 6.10 Å². The maximum Gasteiger partial charge on any atom is 0.337 e. The minimum absolute atomic E-state index is 0.112. The number of ether oxygens (including phenoxy) is 1. The number of amides is 1. The Morgan fingerprint density at radius 3 is 2.52 bits per heavy atom. The molecule has 0 unspecified atom stereocenters. The highest BCUT2D eigenvalue weighted by atomic mass is 79.9. The van der Waals surface area contributed by atoms with E-state index in [9.17, 15) is 9.59 Å². The van der Waals surface area contributed by atoms with E-state index in [1.807, 2.05) is 55.5 Å². The Bertz CT molecular complexity index is 838. The molecule has 3 atom stereocenters. The van der Waals surface area contributed by atoms with Crippen LogP contribution in [0.3, 0.4) is 0 Å². The molecule has 1 fully saturated rings. The molecule has 1 amide bonds. The standard InChI is InChI=1S/C20H18BrNO3/c1-13(14-7-3-2-4-8-14)22-18(23)16-9-5-6-10-17(16)20(22)11-15(12-21)25-19(20)24/h2-10,13,15H,11-12H2,1H3/t13-,15+,20-/m1/s1. The second kappa shape index (κ2) is 5.99. The molecule has 2 aliphatic rings. The number of carbonyl (C=O) groups excluding carboxylic acids is 2. The molecular formula is C20H18BrNO3. The Morgan fingerprint density at radius 1 is 1.16 bits per heavy atom. The van der Waals surface area contributed by atoms with Crippen LogP contribution in [-0.4, -0.2) is 28.2 Å². The number of nitrogens with zero attached hydrogens (tertiary/aromatic N) is 1. The van der Waals surface area contributed by atoms with Crippen molar-refractivity contribution in [3.63, 3.8) is 0 Å². The molecule has 0 N–H and O–H groups in total. The lowest BCUT2D eigenvalue weighted by Gasteiger charge is -2.37. The van der Waals surface area contributed by atoms with Crippen LogP contribution in [-0.2, 0) is 15.1 Å². The summed E-state index contributed by atoms with van der Waals surface area (Å²) in [7, 11) is 0. The average molecular weight is 400 g/mol. The zero-order chi connectivity index (χ0) is 17.6. The minimum atomic E-state index is -1.04. The van der Waals surface area contributed by atoms with Gasteiger partial charge < -0.3 is 9.64 Å². The third-order valence-electron chi connectivity index (χ3n) is 5.21. The van der Waals surface area contributed by atoms with E-state index in [1.165, 1.54) is 0 Å². The van der Waals surface area contributed by atoms with Crippen molar-refractivity contribution >= 4 is 27.8 Å². The van der Waals surface area contributed by atoms with Crippen molar-refractivity contribution in [2.45, 2.75) is 31.0 Å². The maximum absolute atomic E-state index is 13.2. The van der Waals surface area contributed by atoms with E-state index in [-0.39, 0.29) is 24.0 Å². The topological polar surface area (TPSA) is 46.6 Å². The van der Waals surface area contributed by atoms with Gasteiger partial charge in [-0.2, -0.15) is 0 Å². The number of hydrogen-bond donors (Lipinski definition) is 0. The average Bonchev–Trinajstić information content (AvgIpc) is 3.11. The Hall–Kier alpha value is -2.14. The predicted molar refractivity (Wildman–Crippen MR) is 97.4 cm³/mol. The summed E-state index contributed by atoms with van der Waals surface area (Å²) in [5.74, 6) is -0.447. The number of benzene rings is 2. The van der Waals surface area contributed by atoms with Crippen molar-refractivity contribution in [2.24, 2.45) is 0 Å². The van der Waals surface area contributed by atoms with Crippen LogP contribution in [0.4, 0.5) is 0 Å². The quantitative estimate of drug-likeness (QED) is 0.582. The molecule has 4 nitrogen and oxygen atoms in total. The van der Waals surface area contributed by atoms with Crippen LogP contribution < -0.4 is 0 Å². The first-order valence-corrected chi connectivity index (χ1v) is 9.47. The predicted octanol–water partition coefficient (Wildman–Crippen LogP) is 3.81. The summed E-state index contributed by atoms with van der Waals surface area (Å²) in [5.41, 5.74) is 1.31. The van der Waals surface area contributed by atoms with E-state index in [0.717, 1.165) is 11.1 Å². The van der Waals surface area contributed by atoms with Gasteiger partial charge in [0, 0.05) is 22.9 Å².